The normalized spacial score (nSPS) is 11.8. The van der Waals surface area contributed by atoms with Gasteiger partial charge in [-0.1, -0.05) is 19.1 Å². The topological polar surface area (TPSA) is 58.6 Å². The van der Waals surface area contributed by atoms with Crippen LogP contribution in [0.25, 0.3) is 0 Å². The molecule has 0 radical (unpaired) electrons. The second-order valence-corrected chi connectivity index (χ2v) is 5.92. The molecule has 0 saturated heterocycles. The molecule has 1 N–H and O–H groups in total. The molecule has 140 valence electrons. The molecule has 0 fully saturated rings. The van der Waals surface area contributed by atoms with E-state index in [1.54, 1.807) is 24.0 Å². The number of hydrogen-bond acceptors (Lipinski definition) is 3. The Bertz CT molecular complexity index is 534. The predicted octanol–water partition coefficient (Wildman–Crippen LogP) is 2.89. The van der Waals surface area contributed by atoms with E-state index in [0.717, 1.165) is 12.0 Å². The third-order valence-electron chi connectivity index (χ3n) is 3.87. The van der Waals surface area contributed by atoms with E-state index in [4.69, 9.17) is 4.74 Å². The molecule has 0 spiro atoms. The standard InChI is InChI=1S/C19H29FN2O3/c1-4-7-18(23)22(14-16-8-10-17(20)11-9-16)15(3)19(24)21-12-6-13-25-5-2/h8-11,15H,4-7,12-14H2,1-3H3,(H,21,24)/t15-/m1/s1. The summed E-state index contributed by atoms with van der Waals surface area (Å²) in [6, 6.07) is 5.39. The Balaban J connectivity index is 2.68. The van der Waals surface area contributed by atoms with Crippen molar-refractivity contribution in [2.75, 3.05) is 19.8 Å². The lowest BCUT2D eigenvalue weighted by Crippen LogP contribution is -2.47. The van der Waals surface area contributed by atoms with Crippen LogP contribution < -0.4 is 5.32 Å². The molecular weight excluding hydrogens is 323 g/mol. The number of nitrogens with zero attached hydrogens (tertiary/aromatic N) is 1. The highest BCUT2D eigenvalue weighted by atomic mass is 19.1. The van der Waals surface area contributed by atoms with E-state index in [1.165, 1.54) is 12.1 Å². The molecule has 0 aliphatic heterocycles. The average molecular weight is 352 g/mol. The number of nitrogens with one attached hydrogen (secondary N) is 1. The first kappa shape index (κ1) is 21.1. The third-order valence-corrected chi connectivity index (χ3v) is 3.87. The first-order valence-electron chi connectivity index (χ1n) is 8.88. The maximum Gasteiger partial charge on any atom is 0.242 e. The molecule has 0 aliphatic rings. The summed E-state index contributed by atoms with van der Waals surface area (Å²) in [4.78, 5) is 26.3. The molecule has 0 unspecified atom stereocenters. The van der Waals surface area contributed by atoms with Crippen molar-refractivity contribution < 1.29 is 18.7 Å². The molecule has 2 amide bonds. The van der Waals surface area contributed by atoms with E-state index < -0.39 is 6.04 Å². The minimum atomic E-state index is -0.587. The van der Waals surface area contributed by atoms with Gasteiger partial charge in [-0.3, -0.25) is 9.59 Å². The second-order valence-electron chi connectivity index (χ2n) is 5.92. The number of amides is 2. The zero-order valence-electron chi connectivity index (χ0n) is 15.4. The lowest BCUT2D eigenvalue weighted by molar-refractivity contribution is -0.140. The summed E-state index contributed by atoms with van der Waals surface area (Å²) >= 11 is 0. The van der Waals surface area contributed by atoms with Gasteiger partial charge in [0.25, 0.3) is 0 Å². The molecule has 6 heteroatoms. The van der Waals surface area contributed by atoms with Gasteiger partial charge in [-0.05, 0) is 44.4 Å². The number of halogens is 1. The first-order chi connectivity index (χ1) is 12.0. The Morgan fingerprint density at radius 2 is 1.92 bits per heavy atom. The van der Waals surface area contributed by atoms with Crippen LogP contribution in [-0.4, -0.2) is 42.5 Å². The summed E-state index contributed by atoms with van der Waals surface area (Å²) in [5.41, 5.74) is 0.793. The van der Waals surface area contributed by atoms with Gasteiger partial charge >= 0.3 is 0 Å². The number of benzene rings is 1. The number of hydrogen-bond donors (Lipinski definition) is 1. The number of carbonyl (C=O) groups is 2. The highest BCUT2D eigenvalue weighted by Gasteiger charge is 2.25. The van der Waals surface area contributed by atoms with Gasteiger partial charge in [0.2, 0.25) is 11.8 Å². The molecule has 1 aromatic rings. The van der Waals surface area contributed by atoms with E-state index >= 15 is 0 Å². The SMILES string of the molecule is CCCC(=O)N(Cc1ccc(F)cc1)[C@H](C)C(=O)NCCCOCC. The predicted molar refractivity (Wildman–Crippen MR) is 95.4 cm³/mol. The molecule has 1 rings (SSSR count). The summed E-state index contributed by atoms with van der Waals surface area (Å²) in [7, 11) is 0. The smallest absolute Gasteiger partial charge is 0.242 e. The Labute approximate surface area is 149 Å². The van der Waals surface area contributed by atoms with Gasteiger partial charge in [0.05, 0.1) is 0 Å². The molecule has 0 heterocycles. The third kappa shape index (κ3) is 7.65. The Morgan fingerprint density at radius 3 is 2.52 bits per heavy atom. The van der Waals surface area contributed by atoms with Gasteiger partial charge in [-0.2, -0.15) is 0 Å². The molecule has 25 heavy (non-hydrogen) atoms. The van der Waals surface area contributed by atoms with Crippen LogP contribution in [0, 0.1) is 5.82 Å². The van der Waals surface area contributed by atoms with Crippen molar-refractivity contribution >= 4 is 11.8 Å². The fourth-order valence-electron chi connectivity index (χ4n) is 2.40. The Kier molecular flexibility index (Phi) is 9.77. The Hall–Kier alpha value is -1.95. The number of ether oxygens (including phenoxy) is 1. The largest absolute Gasteiger partial charge is 0.382 e. The van der Waals surface area contributed by atoms with E-state index in [-0.39, 0.29) is 24.2 Å². The van der Waals surface area contributed by atoms with Crippen LogP contribution >= 0.6 is 0 Å². The van der Waals surface area contributed by atoms with Crippen molar-refractivity contribution in [3.8, 4) is 0 Å². The molecule has 1 aromatic carbocycles. The molecule has 0 bridgehead atoms. The molecule has 5 nitrogen and oxygen atoms in total. The molecule has 1 atom stereocenters. The fourth-order valence-corrected chi connectivity index (χ4v) is 2.40. The van der Waals surface area contributed by atoms with Crippen LogP contribution in [0.1, 0.15) is 45.6 Å². The van der Waals surface area contributed by atoms with Gasteiger partial charge < -0.3 is 15.0 Å². The van der Waals surface area contributed by atoms with Crippen molar-refractivity contribution in [2.24, 2.45) is 0 Å². The van der Waals surface area contributed by atoms with E-state index in [0.29, 0.717) is 32.6 Å². The highest BCUT2D eigenvalue weighted by molar-refractivity contribution is 5.87. The quantitative estimate of drug-likeness (QED) is 0.623. The van der Waals surface area contributed by atoms with Gasteiger partial charge in [0, 0.05) is 32.7 Å². The average Bonchev–Trinajstić information content (AvgIpc) is 2.60. The van der Waals surface area contributed by atoms with Crippen LogP contribution in [0.3, 0.4) is 0 Å². The number of rotatable bonds is 11. The summed E-state index contributed by atoms with van der Waals surface area (Å²) in [5, 5.41) is 2.84. The minimum Gasteiger partial charge on any atom is -0.382 e. The Morgan fingerprint density at radius 1 is 1.24 bits per heavy atom. The maximum atomic E-state index is 13.1. The van der Waals surface area contributed by atoms with Gasteiger partial charge in [-0.25, -0.2) is 4.39 Å². The van der Waals surface area contributed by atoms with Crippen molar-refractivity contribution in [1.29, 1.82) is 0 Å². The van der Waals surface area contributed by atoms with Crippen LogP contribution in [0.4, 0.5) is 4.39 Å². The summed E-state index contributed by atoms with van der Waals surface area (Å²) < 4.78 is 18.3. The first-order valence-corrected chi connectivity index (χ1v) is 8.88. The minimum absolute atomic E-state index is 0.0798. The highest BCUT2D eigenvalue weighted by Crippen LogP contribution is 2.12. The van der Waals surface area contributed by atoms with Crippen LogP contribution in [0.15, 0.2) is 24.3 Å². The van der Waals surface area contributed by atoms with Crippen molar-refractivity contribution in [1.82, 2.24) is 10.2 Å². The zero-order chi connectivity index (χ0) is 18.7. The van der Waals surface area contributed by atoms with Crippen molar-refractivity contribution in [3.63, 3.8) is 0 Å². The molecular formula is C19H29FN2O3. The second kappa shape index (κ2) is 11.6. The fraction of sp³-hybridized carbons (Fsp3) is 0.579. The summed E-state index contributed by atoms with van der Waals surface area (Å²) in [5.74, 6) is -0.595. The molecule has 0 saturated carbocycles. The zero-order valence-corrected chi connectivity index (χ0v) is 15.4. The molecule has 0 aromatic heterocycles. The van der Waals surface area contributed by atoms with Crippen LogP contribution in [0.2, 0.25) is 0 Å². The lowest BCUT2D eigenvalue weighted by atomic mass is 10.1. The van der Waals surface area contributed by atoms with Gasteiger partial charge in [-0.15, -0.1) is 0 Å². The monoisotopic (exact) mass is 352 g/mol. The summed E-state index contributed by atoms with van der Waals surface area (Å²) in [6.07, 6.45) is 1.82. The molecule has 0 aliphatic carbocycles. The van der Waals surface area contributed by atoms with Crippen molar-refractivity contribution in [3.05, 3.63) is 35.6 Å². The summed E-state index contributed by atoms with van der Waals surface area (Å²) in [6.45, 7) is 7.61. The van der Waals surface area contributed by atoms with Crippen LogP contribution in [0.5, 0.6) is 0 Å². The maximum absolute atomic E-state index is 13.1. The lowest BCUT2D eigenvalue weighted by Gasteiger charge is -2.28. The van der Waals surface area contributed by atoms with E-state index in [9.17, 15) is 14.0 Å². The van der Waals surface area contributed by atoms with Gasteiger partial charge in [0.1, 0.15) is 11.9 Å². The van der Waals surface area contributed by atoms with Gasteiger partial charge in [0.15, 0.2) is 0 Å². The van der Waals surface area contributed by atoms with E-state index in [2.05, 4.69) is 5.32 Å². The van der Waals surface area contributed by atoms with Crippen LogP contribution in [-0.2, 0) is 20.9 Å². The van der Waals surface area contributed by atoms with E-state index in [1.807, 2.05) is 13.8 Å². The van der Waals surface area contributed by atoms with Crippen molar-refractivity contribution in [2.45, 2.75) is 52.6 Å². The number of carbonyl (C=O) groups excluding carboxylic acids is 2.